The predicted octanol–water partition coefficient (Wildman–Crippen LogP) is 5.27. The van der Waals surface area contributed by atoms with Crippen molar-refractivity contribution in [3.63, 3.8) is 0 Å². The lowest BCUT2D eigenvalue weighted by Crippen LogP contribution is -2.45. The first-order chi connectivity index (χ1) is 16.3. The highest BCUT2D eigenvalue weighted by atomic mass is 16.6. The van der Waals surface area contributed by atoms with Crippen LogP contribution in [-0.2, 0) is 33.4 Å². The number of hydrogen-bond acceptors (Lipinski definition) is 7. The molecule has 0 aromatic rings. The second kappa shape index (κ2) is 12.0. The van der Waals surface area contributed by atoms with Crippen molar-refractivity contribution in [2.75, 3.05) is 13.7 Å². The zero-order valence-electron chi connectivity index (χ0n) is 24.4. The quantitative estimate of drug-likeness (QED) is 0.260. The number of hydrogen-bond donors (Lipinski definition) is 0. The smallest absolute Gasteiger partial charge is 0.312 e. The Morgan fingerprint density at radius 3 is 1.97 bits per heavy atom. The molecular weight excluding hydrogens is 462 g/mol. The molecule has 0 saturated carbocycles. The van der Waals surface area contributed by atoms with E-state index in [0.29, 0.717) is 25.8 Å². The molecule has 8 heteroatoms. The van der Waals surface area contributed by atoms with Gasteiger partial charge in [-0.2, -0.15) is 0 Å². The van der Waals surface area contributed by atoms with Crippen molar-refractivity contribution in [2.24, 2.45) is 22.2 Å². The molecule has 0 aliphatic carbocycles. The van der Waals surface area contributed by atoms with E-state index in [1.165, 1.54) is 7.11 Å². The standard InChI is InChI=1S/C28H49NO7/c1-12-27(9,24(33)36-26(7,8)17-25(4,5)6)18-28(10,23(32)34-11)16-19(2)22(31)35-20(3)29-15-13-14-21(29)30/h19-20H,12-18H2,1-11H3. The molecule has 1 rings (SSSR count). The minimum atomic E-state index is -1.13. The maximum atomic E-state index is 13.4. The normalized spacial score (nSPS) is 19.6. The van der Waals surface area contributed by atoms with Crippen molar-refractivity contribution in [2.45, 2.75) is 120 Å². The number of nitrogens with zero attached hydrogens (tertiary/aromatic N) is 1. The maximum absolute atomic E-state index is 13.4. The molecule has 0 spiro atoms. The van der Waals surface area contributed by atoms with E-state index >= 15 is 0 Å². The Kier molecular flexibility index (Phi) is 10.6. The van der Waals surface area contributed by atoms with Crippen molar-refractivity contribution in [1.82, 2.24) is 4.90 Å². The molecule has 1 fully saturated rings. The zero-order valence-corrected chi connectivity index (χ0v) is 24.4. The van der Waals surface area contributed by atoms with Gasteiger partial charge < -0.3 is 19.1 Å². The van der Waals surface area contributed by atoms with E-state index in [1.807, 2.05) is 20.8 Å². The third-order valence-electron chi connectivity index (χ3n) is 7.05. The third kappa shape index (κ3) is 8.77. The molecule has 1 saturated heterocycles. The highest BCUT2D eigenvalue weighted by Crippen LogP contribution is 2.44. The lowest BCUT2D eigenvalue weighted by atomic mass is 9.68. The summed E-state index contributed by atoms with van der Waals surface area (Å²) in [6.07, 6.45) is 1.96. The SMILES string of the molecule is CCC(C)(CC(C)(CC(C)C(=O)OC(C)N1CCCC1=O)C(=O)OC)C(=O)OC(C)(C)CC(C)(C)C. The van der Waals surface area contributed by atoms with E-state index in [-0.39, 0.29) is 30.1 Å². The molecule has 1 heterocycles. The summed E-state index contributed by atoms with van der Waals surface area (Å²) < 4.78 is 16.7. The predicted molar refractivity (Wildman–Crippen MR) is 138 cm³/mol. The van der Waals surface area contributed by atoms with Crippen LogP contribution in [0, 0.1) is 22.2 Å². The second-order valence-corrected chi connectivity index (χ2v) is 12.9. The van der Waals surface area contributed by atoms with Crippen LogP contribution in [0.1, 0.15) is 108 Å². The van der Waals surface area contributed by atoms with Gasteiger partial charge in [0.2, 0.25) is 5.91 Å². The number of amides is 1. The van der Waals surface area contributed by atoms with Crippen LogP contribution in [0.5, 0.6) is 0 Å². The molecule has 0 aromatic carbocycles. The zero-order chi connectivity index (χ0) is 28.1. The molecule has 1 aliphatic rings. The Balaban J connectivity index is 3.04. The Labute approximate surface area is 217 Å². The fourth-order valence-electron chi connectivity index (χ4n) is 5.52. The number of ether oxygens (including phenoxy) is 3. The van der Waals surface area contributed by atoms with Crippen molar-refractivity contribution in [3.05, 3.63) is 0 Å². The van der Waals surface area contributed by atoms with Crippen LogP contribution in [0.2, 0.25) is 0 Å². The van der Waals surface area contributed by atoms with Crippen LogP contribution >= 0.6 is 0 Å². The number of esters is 3. The first kappa shape index (κ1) is 31.9. The summed E-state index contributed by atoms with van der Waals surface area (Å²) in [5.74, 6) is -2.04. The van der Waals surface area contributed by atoms with Gasteiger partial charge in [0.1, 0.15) is 5.60 Å². The average Bonchev–Trinajstić information content (AvgIpc) is 3.16. The molecular formula is C28H49NO7. The third-order valence-corrected chi connectivity index (χ3v) is 7.05. The van der Waals surface area contributed by atoms with Gasteiger partial charge in [-0.05, 0) is 72.1 Å². The van der Waals surface area contributed by atoms with E-state index in [9.17, 15) is 19.2 Å². The molecule has 0 bridgehead atoms. The molecule has 0 N–H and O–H groups in total. The van der Waals surface area contributed by atoms with E-state index in [4.69, 9.17) is 14.2 Å². The molecule has 8 nitrogen and oxygen atoms in total. The van der Waals surface area contributed by atoms with Gasteiger partial charge >= 0.3 is 17.9 Å². The summed E-state index contributed by atoms with van der Waals surface area (Å²) in [4.78, 5) is 52.8. The van der Waals surface area contributed by atoms with Gasteiger partial charge in [-0.25, -0.2) is 0 Å². The minimum absolute atomic E-state index is 0.0282. The van der Waals surface area contributed by atoms with Gasteiger partial charge in [-0.15, -0.1) is 0 Å². The number of likely N-dealkylation sites (tertiary alicyclic amines) is 1. The van der Waals surface area contributed by atoms with Crippen LogP contribution in [-0.4, -0.2) is 54.2 Å². The molecule has 4 atom stereocenters. The number of carbonyl (C=O) groups excluding carboxylic acids is 4. The summed E-state index contributed by atoms with van der Waals surface area (Å²) in [5, 5.41) is 0. The summed E-state index contributed by atoms with van der Waals surface area (Å²) >= 11 is 0. The van der Waals surface area contributed by atoms with E-state index in [2.05, 4.69) is 20.8 Å². The van der Waals surface area contributed by atoms with E-state index in [0.717, 1.165) is 6.42 Å². The van der Waals surface area contributed by atoms with Crippen molar-refractivity contribution < 1.29 is 33.4 Å². The van der Waals surface area contributed by atoms with Crippen molar-refractivity contribution in [1.29, 1.82) is 0 Å². The van der Waals surface area contributed by atoms with Crippen LogP contribution in [0.4, 0.5) is 0 Å². The molecule has 1 amide bonds. The Hall–Kier alpha value is -2.12. The lowest BCUT2D eigenvalue weighted by Gasteiger charge is -2.40. The molecule has 208 valence electrons. The summed E-state index contributed by atoms with van der Waals surface area (Å²) in [6.45, 7) is 19.4. The topological polar surface area (TPSA) is 99.2 Å². The first-order valence-electron chi connectivity index (χ1n) is 13.1. The van der Waals surface area contributed by atoms with Crippen LogP contribution < -0.4 is 0 Å². The van der Waals surface area contributed by atoms with E-state index in [1.54, 1.807) is 32.6 Å². The largest absolute Gasteiger partial charge is 0.469 e. The lowest BCUT2D eigenvalue weighted by molar-refractivity contribution is -0.175. The molecule has 36 heavy (non-hydrogen) atoms. The fourth-order valence-corrected chi connectivity index (χ4v) is 5.52. The van der Waals surface area contributed by atoms with Crippen LogP contribution in [0.3, 0.4) is 0 Å². The van der Waals surface area contributed by atoms with Gasteiger partial charge in [0.15, 0.2) is 6.23 Å². The van der Waals surface area contributed by atoms with Crippen molar-refractivity contribution >= 4 is 23.8 Å². The molecule has 1 aliphatic heterocycles. The number of methoxy groups -OCH3 is 1. The fraction of sp³-hybridized carbons (Fsp3) is 0.857. The molecule has 0 aromatic heterocycles. The van der Waals surface area contributed by atoms with Crippen LogP contribution in [0.15, 0.2) is 0 Å². The number of rotatable bonds is 12. The Morgan fingerprint density at radius 1 is 0.944 bits per heavy atom. The molecule has 4 unspecified atom stereocenters. The Bertz CT molecular complexity index is 815. The molecule has 0 radical (unpaired) electrons. The van der Waals surface area contributed by atoms with Crippen LogP contribution in [0.25, 0.3) is 0 Å². The van der Waals surface area contributed by atoms with E-state index < -0.39 is 40.5 Å². The van der Waals surface area contributed by atoms with Gasteiger partial charge in [0, 0.05) is 13.0 Å². The maximum Gasteiger partial charge on any atom is 0.312 e. The van der Waals surface area contributed by atoms with Crippen molar-refractivity contribution in [3.8, 4) is 0 Å². The second-order valence-electron chi connectivity index (χ2n) is 12.9. The highest BCUT2D eigenvalue weighted by Gasteiger charge is 2.48. The monoisotopic (exact) mass is 511 g/mol. The summed E-state index contributed by atoms with van der Waals surface area (Å²) in [7, 11) is 1.30. The van der Waals surface area contributed by atoms with Gasteiger partial charge in [-0.3, -0.25) is 19.2 Å². The highest BCUT2D eigenvalue weighted by molar-refractivity contribution is 5.82. The van der Waals surface area contributed by atoms with Gasteiger partial charge in [0.05, 0.1) is 23.9 Å². The summed E-state index contributed by atoms with van der Waals surface area (Å²) in [6, 6.07) is 0. The first-order valence-corrected chi connectivity index (χ1v) is 13.1. The average molecular weight is 512 g/mol. The van der Waals surface area contributed by atoms with Gasteiger partial charge in [-0.1, -0.05) is 34.6 Å². The van der Waals surface area contributed by atoms with Gasteiger partial charge in [0.25, 0.3) is 0 Å². The minimum Gasteiger partial charge on any atom is -0.469 e. The summed E-state index contributed by atoms with van der Waals surface area (Å²) in [5.41, 5.74) is -2.79. The Morgan fingerprint density at radius 2 is 1.53 bits per heavy atom. The number of carbonyl (C=O) groups is 4.